The first-order chi connectivity index (χ1) is 15.4. The van der Waals surface area contributed by atoms with Gasteiger partial charge in [-0.2, -0.15) is 0 Å². The maximum atomic E-state index is 14.3. The Balaban J connectivity index is 1.55. The molecule has 0 radical (unpaired) electrons. The van der Waals surface area contributed by atoms with Gasteiger partial charge in [0.15, 0.2) is 6.10 Å². The first-order valence-electron chi connectivity index (χ1n) is 9.87. The summed E-state index contributed by atoms with van der Waals surface area (Å²) in [7, 11) is 0. The predicted octanol–water partition coefficient (Wildman–Crippen LogP) is 5.59. The molecule has 3 aromatic carbocycles. The van der Waals surface area contributed by atoms with Crippen LogP contribution in [0.3, 0.4) is 0 Å². The second kappa shape index (κ2) is 9.44. The molecule has 8 heteroatoms. The Hall–Kier alpha value is -3.32. The lowest BCUT2D eigenvalue weighted by Crippen LogP contribution is -2.38. The van der Waals surface area contributed by atoms with Gasteiger partial charge in [-0.1, -0.05) is 47.1 Å². The van der Waals surface area contributed by atoms with Crippen LogP contribution in [0.5, 0.6) is 0 Å². The molecule has 3 aromatic rings. The molecule has 1 aliphatic rings. The molecule has 4 nitrogen and oxygen atoms in total. The van der Waals surface area contributed by atoms with Gasteiger partial charge in [0.05, 0.1) is 17.8 Å². The monoisotopic (exact) mass is 458 g/mol. The average Bonchev–Trinajstić information content (AvgIpc) is 3.24. The lowest BCUT2D eigenvalue weighted by molar-refractivity contribution is 0.0400. The van der Waals surface area contributed by atoms with Crippen molar-refractivity contribution in [1.29, 1.82) is 0 Å². The zero-order valence-corrected chi connectivity index (χ0v) is 17.5. The van der Waals surface area contributed by atoms with Crippen molar-refractivity contribution in [2.24, 2.45) is 5.16 Å². The van der Waals surface area contributed by atoms with E-state index in [0.29, 0.717) is 17.2 Å². The summed E-state index contributed by atoms with van der Waals surface area (Å²) in [5.41, 5.74) is 1.46. The van der Waals surface area contributed by atoms with Crippen molar-refractivity contribution in [3.05, 3.63) is 106 Å². The van der Waals surface area contributed by atoms with Crippen LogP contribution in [0.1, 0.15) is 27.9 Å². The summed E-state index contributed by atoms with van der Waals surface area (Å²) in [4.78, 5) is 19.9. The number of hydrogen-bond donors (Lipinski definition) is 0. The van der Waals surface area contributed by atoms with Crippen molar-refractivity contribution in [2.45, 2.75) is 19.1 Å². The van der Waals surface area contributed by atoms with E-state index in [1.165, 1.54) is 29.2 Å². The summed E-state index contributed by atoms with van der Waals surface area (Å²) in [5.74, 6) is -2.83. The molecule has 0 fully saturated rings. The first kappa shape index (κ1) is 21.9. The van der Waals surface area contributed by atoms with Crippen LogP contribution in [0.25, 0.3) is 0 Å². The Morgan fingerprint density at radius 2 is 1.78 bits per heavy atom. The highest BCUT2D eigenvalue weighted by molar-refractivity contribution is 6.30. The third-order valence-electron chi connectivity index (χ3n) is 5.10. The summed E-state index contributed by atoms with van der Waals surface area (Å²) in [5, 5.41) is 4.68. The molecular formula is C24H18ClF3N2O2. The van der Waals surface area contributed by atoms with Gasteiger partial charge < -0.3 is 9.74 Å². The van der Waals surface area contributed by atoms with E-state index in [-0.39, 0.29) is 24.2 Å². The molecule has 1 heterocycles. The summed E-state index contributed by atoms with van der Waals surface area (Å²) in [6.07, 6.45) is -0.117. The molecule has 0 saturated carbocycles. The molecule has 1 amide bonds. The molecule has 0 aromatic heterocycles. The average molecular weight is 459 g/mol. The molecule has 1 aliphatic heterocycles. The van der Waals surface area contributed by atoms with Crippen molar-refractivity contribution in [1.82, 2.24) is 4.90 Å². The molecule has 1 unspecified atom stereocenters. The molecule has 32 heavy (non-hydrogen) atoms. The number of halogens is 4. The normalized spacial score (nSPS) is 15.2. The Bertz CT molecular complexity index is 1170. The lowest BCUT2D eigenvalue weighted by atomic mass is 10.0. The van der Waals surface area contributed by atoms with Gasteiger partial charge in [0.1, 0.15) is 17.5 Å². The fraction of sp³-hybridized carbons (Fsp3) is 0.167. The number of amides is 1. The molecule has 0 aliphatic carbocycles. The highest BCUT2D eigenvalue weighted by atomic mass is 35.5. The molecule has 0 N–H and O–H groups in total. The number of nitrogens with zero attached hydrogens (tertiary/aromatic N) is 2. The molecule has 1 atom stereocenters. The van der Waals surface area contributed by atoms with Gasteiger partial charge >= 0.3 is 0 Å². The Labute approximate surface area is 187 Å². The van der Waals surface area contributed by atoms with Gasteiger partial charge in [-0.3, -0.25) is 4.79 Å². The summed E-state index contributed by atoms with van der Waals surface area (Å²) < 4.78 is 41.8. The third kappa shape index (κ3) is 4.94. The van der Waals surface area contributed by atoms with E-state index in [1.54, 1.807) is 18.2 Å². The van der Waals surface area contributed by atoms with Crippen LogP contribution in [0.2, 0.25) is 5.02 Å². The van der Waals surface area contributed by atoms with E-state index >= 15 is 0 Å². The molecule has 4 rings (SSSR count). The Kier molecular flexibility index (Phi) is 6.46. The van der Waals surface area contributed by atoms with Crippen LogP contribution < -0.4 is 0 Å². The molecule has 0 saturated heterocycles. The lowest BCUT2D eigenvalue weighted by Gasteiger charge is -2.25. The van der Waals surface area contributed by atoms with Gasteiger partial charge in [-0.05, 0) is 35.9 Å². The van der Waals surface area contributed by atoms with Gasteiger partial charge in [-0.25, -0.2) is 13.2 Å². The van der Waals surface area contributed by atoms with E-state index < -0.39 is 29.5 Å². The smallest absolute Gasteiger partial charge is 0.257 e. The number of carbonyl (C=O) groups excluding carboxylic acids is 1. The minimum atomic E-state index is -0.790. The van der Waals surface area contributed by atoms with Crippen LogP contribution in [-0.4, -0.2) is 29.2 Å². The minimum Gasteiger partial charge on any atom is -0.390 e. The van der Waals surface area contributed by atoms with Crippen molar-refractivity contribution in [3.63, 3.8) is 0 Å². The van der Waals surface area contributed by atoms with E-state index in [0.717, 1.165) is 17.7 Å². The van der Waals surface area contributed by atoms with Gasteiger partial charge in [-0.15, -0.1) is 0 Å². The van der Waals surface area contributed by atoms with E-state index in [1.807, 2.05) is 12.1 Å². The summed E-state index contributed by atoms with van der Waals surface area (Å²) in [6, 6.07) is 15.8. The fourth-order valence-electron chi connectivity index (χ4n) is 3.46. The number of carbonyl (C=O) groups is 1. The predicted molar refractivity (Wildman–Crippen MR) is 115 cm³/mol. The zero-order valence-electron chi connectivity index (χ0n) is 16.8. The maximum Gasteiger partial charge on any atom is 0.257 e. The van der Waals surface area contributed by atoms with Crippen LogP contribution in [0.15, 0.2) is 71.9 Å². The number of rotatable bonds is 6. The number of oxime groups is 1. The van der Waals surface area contributed by atoms with E-state index in [9.17, 15) is 18.0 Å². The molecule has 164 valence electrons. The maximum absolute atomic E-state index is 14.3. The topological polar surface area (TPSA) is 41.9 Å². The second-order valence-corrected chi connectivity index (χ2v) is 7.81. The molecule has 0 bridgehead atoms. The quantitative estimate of drug-likeness (QED) is 0.483. The summed E-state index contributed by atoms with van der Waals surface area (Å²) >= 11 is 5.92. The summed E-state index contributed by atoms with van der Waals surface area (Å²) in [6.45, 7) is -0.153. The van der Waals surface area contributed by atoms with Gasteiger partial charge in [0, 0.05) is 29.6 Å². The van der Waals surface area contributed by atoms with E-state index in [4.69, 9.17) is 16.4 Å². The first-order valence-corrected chi connectivity index (χ1v) is 10.2. The van der Waals surface area contributed by atoms with Crippen molar-refractivity contribution in [2.75, 3.05) is 6.54 Å². The fourth-order valence-corrected chi connectivity index (χ4v) is 3.59. The van der Waals surface area contributed by atoms with E-state index in [2.05, 4.69) is 5.16 Å². The van der Waals surface area contributed by atoms with Gasteiger partial charge in [0.2, 0.25) is 0 Å². The Morgan fingerprint density at radius 1 is 1.03 bits per heavy atom. The standard InChI is InChI=1S/C24H18ClF3N2O2/c25-17-8-5-15(6-9-17)23-12-19(32-29-23)14-30(13-16-7-10-18(26)11-22(16)28)24(31)20-3-1-2-4-21(20)27/h1-11,19H,12-14H2. The van der Waals surface area contributed by atoms with Crippen molar-refractivity contribution in [3.8, 4) is 0 Å². The largest absolute Gasteiger partial charge is 0.390 e. The highest BCUT2D eigenvalue weighted by Gasteiger charge is 2.29. The Morgan fingerprint density at radius 3 is 2.50 bits per heavy atom. The minimum absolute atomic E-state index is 0.0323. The molecule has 0 spiro atoms. The molecular weight excluding hydrogens is 441 g/mol. The zero-order chi connectivity index (χ0) is 22.7. The second-order valence-electron chi connectivity index (χ2n) is 7.38. The van der Waals surface area contributed by atoms with Crippen molar-refractivity contribution >= 4 is 23.2 Å². The van der Waals surface area contributed by atoms with Crippen LogP contribution >= 0.6 is 11.6 Å². The number of benzene rings is 3. The van der Waals surface area contributed by atoms with Crippen molar-refractivity contribution < 1.29 is 22.8 Å². The number of hydrogen-bond acceptors (Lipinski definition) is 3. The van der Waals surface area contributed by atoms with Crippen LogP contribution in [0, 0.1) is 17.5 Å². The highest BCUT2D eigenvalue weighted by Crippen LogP contribution is 2.22. The SMILES string of the molecule is O=C(c1ccccc1F)N(Cc1ccc(F)cc1F)CC1CC(c2ccc(Cl)cc2)=NO1. The van der Waals surface area contributed by atoms with Gasteiger partial charge in [0.25, 0.3) is 5.91 Å². The van der Waals surface area contributed by atoms with Crippen LogP contribution in [-0.2, 0) is 11.4 Å². The third-order valence-corrected chi connectivity index (χ3v) is 5.35. The van der Waals surface area contributed by atoms with Crippen LogP contribution in [0.4, 0.5) is 13.2 Å².